The van der Waals surface area contributed by atoms with E-state index < -0.39 is 0 Å². The second kappa shape index (κ2) is 22.2. The first-order valence-electron chi connectivity index (χ1n) is 19.6. The first kappa shape index (κ1) is 41.7. The number of benzene rings is 2. The van der Waals surface area contributed by atoms with Crippen LogP contribution in [-0.4, -0.2) is 60.3 Å². The third-order valence-electron chi connectivity index (χ3n) is 9.90. The number of pyridine rings is 1. The molecule has 5 rings (SSSR count). The van der Waals surface area contributed by atoms with Gasteiger partial charge in [0.15, 0.2) is 0 Å². The number of nitrogens with one attached hydrogen (secondary N) is 4. The molecule has 8 heteroatoms. The van der Waals surface area contributed by atoms with Gasteiger partial charge in [-0.25, -0.2) is 4.98 Å². The maximum absolute atomic E-state index is 12.2. The molecule has 2 saturated heterocycles. The number of fused-ring (bicyclic) bond motifs is 1. The van der Waals surface area contributed by atoms with Crippen LogP contribution in [-0.2, 0) is 4.79 Å². The molecule has 2 fully saturated rings. The summed E-state index contributed by atoms with van der Waals surface area (Å²) in [6.45, 7) is 18.2. The van der Waals surface area contributed by atoms with Crippen LogP contribution in [0.15, 0.2) is 86.0 Å². The van der Waals surface area contributed by atoms with Crippen LogP contribution in [0.5, 0.6) is 0 Å². The predicted molar refractivity (Wildman–Crippen MR) is 232 cm³/mol. The average Bonchev–Trinajstić information content (AvgIpc) is 3.73. The van der Waals surface area contributed by atoms with Crippen LogP contribution >= 0.6 is 11.8 Å². The summed E-state index contributed by atoms with van der Waals surface area (Å²) in [5.74, 6) is 1.31. The number of nitrogens with zero attached hydrogens (tertiary/aromatic N) is 1. The summed E-state index contributed by atoms with van der Waals surface area (Å²) in [5, 5.41) is 13.9. The van der Waals surface area contributed by atoms with E-state index in [0.29, 0.717) is 23.8 Å². The van der Waals surface area contributed by atoms with Crippen molar-refractivity contribution in [1.29, 1.82) is 0 Å². The Morgan fingerprint density at radius 2 is 1.49 bits per heavy atom. The van der Waals surface area contributed by atoms with E-state index in [4.69, 9.17) is 12.5 Å². The zero-order valence-electron chi connectivity index (χ0n) is 32.6. The molecular weight excluding hydrogens is 669 g/mol. The van der Waals surface area contributed by atoms with Gasteiger partial charge in [0.25, 0.3) is 0 Å². The van der Waals surface area contributed by atoms with E-state index in [-0.39, 0.29) is 5.91 Å². The van der Waals surface area contributed by atoms with Gasteiger partial charge in [0.05, 0.1) is 11.4 Å². The molecule has 3 heterocycles. The molecule has 2 aromatic carbocycles. The third kappa shape index (κ3) is 13.7. The van der Waals surface area contributed by atoms with Gasteiger partial charge in [0, 0.05) is 17.8 Å². The predicted octanol–water partition coefficient (Wildman–Crippen LogP) is 9.22. The van der Waals surface area contributed by atoms with Crippen LogP contribution in [0.2, 0.25) is 0 Å². The number of carbonyl (C=O) groups is 1. The Labute approximate surface area is 325 Å². The van der Waals surface area contributed by atoms with Crippen molar-refractivity contribution < 1.29 is 4.79 Å². The Kier molecular flexibility index (Phi) is 17.5. The number of aromatic nitrogens is 1. The molecule has 6 nitrogen and oxygen atoms in total. The van der Waals surface area contributed by atoms with Crippen molar-refractivity contribution in [1.82, 2.24) is 26.3 Å². The van der Waals surface area contributed by atoms with Crippen molar-refractivity contribution in [2.24, 2.45) is 0 Å². The zero-order chi connectivity index (χ0) is 38.0. The third-order valence-corrected chi connectivity index (χ3v) is 11.4. The number of unbranched alkanes of at least 4 members (excludes halogenated alkanes) is 6. The molecule has 4 N–H and O–H groups in total. The van der Waals surface area contributed by atoms with E-state index in [0.717, 1.165) is 102 Å². The van der Waals surface area contributed by atoms with Gasteiger partial charge in [0.2, 0.25) is 0 Å². The number of rotatable bonds is 19. The van der Waals surface area contributed by atoms with Crippen LogP contribution < -0.4 is 21.3 Å². The van der Waals surface area contributed by atoms with Gasteiger partial charge in [-0.15, -0.1) is 0 Å². The SMILES string of the molecule is C/C=C\C.[B]=C1NC2CSC(CCCCNC(=O)CCCCCCCCNC(=C)c3ccc(-c4cc(C(=C)C)nc(-c5ccc(C)cc5)c4)cc3)C2N1. The van der Waals surface area contributed by atoms with E-state index in [1.807, 2.05) is 44.7 Å². The molecule has 2 aliphatic rings. The minimum atomic E-state index is 0.194. The number of allylic oxidation sites excluding steroid dienone is 3. The zero-order valence-corrected chi connectivity index (χ0v) is 33.4. The van der Waals surface area contributed by atoms with E-state index >= 15 is 0 Å². The van der Waals surface area contributed by atoms with Crippen LogP contribution in [0, 0.1) is 6.92 Å². The van der Waals surface area contributed by atoms with Gasteiger partial charge in [-0.3, -0.25) is 0 Å². The molecule has 53 heavy (non-hydrogen) atoms. The van der Waals surface area contributed by atoms with Gasteiger partial charge in [-0.05, 0) is 68.5 Å². The summed E-state index contributed by atoms with van der Waals surface area (Å²) < 4.78 is 0. The van der Waals surface area contributed by atoms with Crippen LogP contribution in [0.3, 0.4) is 0 Å². The van der Waals surface area contributed by atoms with Crippen LogP contribution in [0.25, 0.3) is 33.7 Å². The first-order valence-corrected chi connectivity index (χ1v) is 20.6. The average molecular weight is 731 g/mol. The molecule has 3 atom stereocenters. The van der Waals surface area contributed by atoms with Crippen molar-refractivity contribution in [3.8, 4) is 22.4 Å². The molecule has 0 aliphatic carbocycles. The Morgan fingerprint density at radius 1 is 0.849 bits per heavy atom. The molecule has 0 bridgehead atoms. The second-order valence-electron chi connectivity index (χ2n) is 14.3. The van der Waals surface area contributed by atoms with Crippen molar-refractivity contribution in [2.45, 2.75) is 109 Å². The molecular formula is C45H61BN5OS. The van der Waals surface area contributed by atoms with Crippen LogP contribution in [0.4, 0.5) is 0 Å². The van der Waals surface area contributed by atoms with Gasteiger partial charge >= 0.3 is 113 Å². The molecule has 1 radical (unpaired) electrons. The Hall–Kier alpha value is -4.04. The number of thioether (sulfide) groups is 1. The standard InChI is InChI=1S/C41H53BN5OS.C4H8/c1-28(2)35-25-34(26-36(45-35)33-17-15-29(3)16-18-33)32-21-19-31(20-22-32)30(4)43-23-11-8-6-5-7-9-14-39(48)44-24-12-10-13-38-40-37(27-49-38)46-41(42)47-40;1-3-4-2/h15-22,25-26,37-38,40,43,46-47H,1,4-14,23-24,27H2,2-3H3,(H,44,48);3-4H,1-2H3/b;4-3-. The Bertz CT molecular complexity index is 1670. The fourth-order valence-corrected chi connectivity index (χ4v) is 8.14. The van der Waals surface area contributed by atoms with Crippen molar-refractivity contribution in [3.63, 3.8) is 0 Å². The molecule has 1 amide bonds. The van der Waals surface area contributed by atoms with Gasteiger partial charge in [0.1, 0.15) is 0 Å². The summed E-state index contributed by atoms with van der Waals surface area (Å²) in [7, 11) is 5.88. The molecule has 3 unspecified atom stereocenters. The topological polar surface area (TPSA) is 78.1 Å². The molecule has 2 aliphatic heterocycles. The Morgan fingerprint density at radius 3 is 2.19 bits per heavy atom. The molecule has 0 saturated carbocycles. The number of amides is 1. The number of hydrogen-bond acceptors (Lipinski definition) is 6. The van der Waals surface area contributed by atoms with E-state index in [2.05, 4.69) is 102 Å². The fourth-order valence-electron chi connectivity index (χ4n) is 6.60. The van der Waals surface area contributed by atoms with Gasteiger partial charge < -0.3 is 5.32 Å². The van der Waals surface area contributed by atoms with E-state index in [9.17, 15) is 4.79 Å². The van der Waals surface area contributed by atoms with Gasteiger partial charge in [-0.2, -0.15) is 0 Å². The summed E-state index contributed by atoms with van der Waals surface area (Å²) in [4.78, 5) is 17.1. The maximum atomic E-state index is 12.2. The van der Waals surface area contributed by atoms with E-state index in [1.54, 1.807) is 0 Å². The Balaban J connectivity index is 0.00000149. The fraction of sp³-hybridized carbons (Fsp3) is 0.444. The molecule has 1 aromatic heterocycles. The number of hydrogen-bond donors (Lipinski definition) is 4. The molecule has 0 spiro atoms. The molecule has 3 aromatic rings. The van der Waals surface area contributed by atoms with E-state index in [1.165, 1.54) is 31.2 Å². The summed E-state index contributed by atoms with van der Waals surface area (Å²) in [6.07, 6.45) is 14.7. The monoisotopic (exact) mass is 730 g/mol. The van der Waals surface area contributed by atoms with Crippen molar-refractivity contribution in [2.75, 3.05) is 18.8 Å². The van der Waals surface area contributed by atoms with Crippen molar-refractivity contribution in [3.05, 3.63) is 103 Å². The van der Waals surface area contributed by atoms with Gasteiger partial charge in [-0.1, -0.05) is 105 Å². The molecule has 281 valence electrons. The summed E-state index contributed by atoms with van der Waals surface area (Å²) >= 11 is 2.03. The first-order chi connectivity index (χ1) is 25.7. The van der Waals surface area contributed by atoms with Crippen LogP contribution in [0.1, 0.15) is 102 Å². The second-order valence-corrected chi connectivity index (χ2v) is 15.6. The number of aryl methyl sites for hydroxylation is 1. The summed E-state index contributed by atoms with van der Waals surface area (Å²) in [6, 6.07) is 22.3. The quantitative estimate of drug-likeness (QED) is 0.0560. The number of carbonyl (C=O) groups excluding carboxylic acids is 1. The van der Waals surface area contributed by atoms with Crippen molar-refractivity contribution >= 4 is 42.1 Å². The summed E-state index contributed by atoms with van der Waals surface area (Å²) in [5.41, 5.74) is 10.2. The minimum absolute atomic E-state index is 0.194. The normalized spacial score (nSPS) is 17.3.